The summed E-state index contributed by atoms with van der Waals surface area (Å²) in [5, 5.41) is 4.91. The Bertz CT molecular complexity index is 1770. The highest BCUT2D eigenvalue weighted by molar-refractivity contribution is 7.69. The first-order chi connectivity index (χ1) is 27.8. The monoisotopic (exact) mass is 776 g/mol. The van der Waals surface area contributed by atoms with Crippen molar-refractivity contribution in [1.82, 2.24) is 9.80 Å². The normalized spacial score (nSPS) is 17.2. The third-order valence-corrected chi connectivity index (χ3v) is 15.3. The fraction of sp³-hybridized carbons (Fsp3) is 0.280. The van der Waals surface area contributed by atoms with Crippen LogP contribution >= 0.6 is 16.3 Å². The van der Waals surface area contributed by atoms with E-state index in [1.807, 2.05) is 0 Å². The van der Waals surface area contributed by atoms with Crippen molar-refractivity contribution in [3.05, 3.63) is 193 Å². The van der Waals surface area contributed by atoms with Crippen molar-refractivity contribution >= 4 is 37.5 Å². The quantitative estimate of drug-likeness (QED) is 0.0863. The zero-order chi connectivity index (χ0) is 37.8. The Balaban J connectivity index is 1.33. The number of hydrogen-bond donors (Lipinski definition) is 0. The van der Waals surface area contributed by atoms with Crippen molar-refractivity contribution in [2.75, 3.05) is 26.2 Å². The molecule has 6 aromatic rings. The van der Waals surface area contributed by atoms with Crippen LogP contribution in [0.3, 0.4) is 0 Å². The van der Waals surface area contributed by atoms with Crippen LogP contribution in [0.25, 0.3) is 0 Å². The molecule has 2 fully saturated rings. The summed E-state index contributed by atoms with van der Waals surface area (Å²) >= 11 is 0. The number of rotatable bonds is 17. The molecule has 0 aromatic heterocycles. The summed E-state index contributed by atoms with van der Waals surface area (Å²) in [7, 11) is -2.38. The molecule has 0 spiro atoms. The number of benzene rings is 6. The highest BCUT2D eigenvalue weighted by Crippen LogP contribution is 2.46. The SMILES string of the molecule is c1ccc(C[C@H]([C@H](OP(c2ccccc2)c2ccccc2)[C@@H](OP(c2ccccc2)c2ccccc2)[C@@H](Cc2ccccc2)N2CCCC2)N2CCCC2)cc1. The van der Waals surface area contributed by atoms with E-state index in [1.165, 1.54) is 58.0 Å². The first-order valence-electron chi connectivity index (χ1n) is 20.5. The van der Waals surface area contributed by atoms with Gasteiger partial charge in [-0.2, -0.15) is 0 Å². The Morgan fingerprint density at radius 2 is 0.607 bits per heavy atom. The van der Waals surface area contributed by atoms with E-state index in [-0.39, 0.29) is 24.3 Å². The fourth-order valence-corrected chi connectivity index (χ4v) is 12.4. The zero-order valence-corrected chi connectivity index (χ0v) is 34.1. The van der Waals surface area contributed by atoms with E-state index in [2.05, 4.69) is 192 Å². The molecule has 4 atom stereocenters. The summed E-state index contributed by atoms with van der Waals surface area (Å²) in [6.45, 7) is 4.27. The second kappa shape index (κ2) is 19.9. The van der Waals surface area contributed by atoms with Gasteiger partial charge in [0.2, 0.25) is 0 Å². The molecule has 2 heterocycles. The van der Waals surface area contributed by atoms with Gasteiger partial charge in [-0.25, -0.2) is 0 Å². The van der Waals surface area contributed by atoms with Crippen molar-refractivity contribution in [2.24, 2.45) is 0 Å². The van der Waals surface area contributed by atoms with E-state index in [0.29, 0.717) is 0 Å². The van der Waals surface area contributed by atoms with Gasteiger partial charge in [-0.15, -0.1) is 0 Å². The van der Waals surface area contributed by atoms with Gasteiger partial charge >= 0.3 is 0 Å². The minimum Gasteiger partial charge on any atom is -0.342 e. The maximum absolute atomic E-state index is 8.06. The van der Waals surface area contributed by atoms with Crippen LogP contribution in [0, 0.1) is 0 Å². The molecule has 6 aromatic carbocycles. The molecule has 8 rings (SSSR count). The second-order valence-electron chi connectivity index (χ2n) is 15.1. The van der Waals surface area contributed by atoms with Crippen LogP contribution in [0.2, 0.25) is 0 Å². The molecule has 0 radical (unpaired) electrons. The number of nitrogens with zero attached hydrogens (tertiary/aromatic N) is 2. The predicted molar refractivity (Wildman–Crippen MR) is 237 cm³/mol. The van der Waals surface area contributed by atoms with Gasteiger partial charge in [0, 0.05) is 33.3 Å². The molecule has 0 saturated carbocycles. The Morgan fingerprint density at radius 3 is 0.875 bits per heavy atom. The van der Waals surface area contributed by atoms with Crippen molar-refractivity contribution < 1.29 is 9.05 Å². The largest absolute Gasteiger partial charge is 0.342 e. The lowest BCUT2D eigenvalue weighted by atomic mass is 9.89. The first-order valence-corrected chi connectivity index (χ1v) is 23.0. The van der Waals surface area contributed by atoms with Gasteiger partial charge in [0.25, 0.3) is 0 Å². The lowest BCUT2D eigenvalue weighted by molar-refractivity contribution is -0.0323. The standard InChI is InChI=1S/C50H54N2O2P2/c1-7-23-41(24-8-1)39-47(51-35-19-20-36-51)49(53-55(43-27-11-3-12-28-43)44-29-13-4-14-30-44)50(48(52-37-21-22-38-52)40-42-25-9-2-10-26-42)54-56(45-31-15-5-16-32-45)46-33-17-6-18-34-46/h1-18,23-34,47-50H,19-22,35-40H2/t47-,48-,49+,50+/m1/s1. The topological polar surface area (TPSA) is 24.9 Å². The Labute approximate surface area is 337 Å². The van der Waals surface area contributed by atoms with E-state index >= 15 is 0 Å². The van der Waals surface area contributed by atoms with Gasteiger partial charge < -0.3 is 9.05 Å². The summed E-state index contributed by atoms with van der Waals surface area (Å²) in [6, 6.07) is 66.3. The van der Waals surface area contributed by atoms with Crippen LogP contribution < -0.4 is 21.2 Å². The number of hydrogen-bond acceptors (Lipinski definition) is 4. The lowest BCUT2D eigenvalue weighted by Gasteiger charge is -2.46. The minimum atomic E-state index is -1.19. The van der Waals surface area contributed by atoms with Gasteiger partial charge in [-0.1, -0.05) is 182 Å². The van der Waals surface area contributed by atoms with Crippen LogP contribution in [0.5, 0.6) is 0 Å². The molecule has 0 aliphatic carbocycles. The highest BCUT2D eigenvalue weighted by atomic mass is 31.1. The molecular formula is C50H54N2O2P2. The van der Waals surface area contributed by atoms with E-state index in [1.54, 1.807) is 0 Å². The molecule has 0 amide bonds. The van der Waals surface area contributed by atoms with Gasteiger partial charge in [-0.3, -0.25) is 9.80 Å². The smallest absolute Gasteiger partial charge is 0.106 e. The second-order valence-corrected chi connectivity index (χ2v) is 18.7. The molecule has 0 unspecified atom stereocenters. The summed E-state index contributed by atoms with van der Waals surface area (Å²) in [6.07, 6.45) is 6.12. The maximum atomic E-state index is 8.06. The molecule has 2 aliphatic rings. The van der Waals surface area contributed by atoms with Crippen LogP contribution in [0.1, 0.15) is 36.8 Å². The van der Waals surface area contributed by atoms with E-state index in [0.717, 1.165) is 39.0 Å². The van der Waals surface area contributed by atoms with Gasteiger partial charge in [0.05, 0.1) is 16.3 Å². The highest BCUT2D eigenvalue weighted by Gasteiger charge is 2.45. The average molecular weight is 777 g/mol. The van der Waals surface area contributed by atoms with Gasteiger partial charge in [0.15, 0.2) is 0 Å². The third-order valence-electron chi connectivity index (χ3n) is 11.3. The maximum Gasteiger partial charge on any atom is 0.106 e. The van der Waals surface area contributed by atoms with Crippen LogP contribution in [-0.4, -0.2) is 60.3 Å². The van der Waals surface area contributed by atoms with Crippen molar-refractivity contribution in [1.29, 1.82) is 0 Å². The van der Waals surface area contributed by atoms with Gasteiger partial charge in [-0.05, 0) is 75.8 Å². The summed E-state index contributed by atoms with van der Waals surface area (Å²) in [4.78, 5) is 5.49. The van der Waals surface area contributed by atoms with Crippen LogP contribution in [0.15, 0.2) is 182 Å². The van der Waals surface area contributed by atoms with Crippen LogP contribution in [-0.2, 0) is 21.9 Å². The Kier molecular flexibility index (Phi) is 13.8. The lowest BCUT2D eigenvalue weighted by Crippen LogP contribution is -2.58. The van der Waals surface area contributed by atoms with E-state index < -0.39 is 16.3 Å². The molecule has 6 heteroatoms. The fourth-order valence-electron chi connectivity index (χ4n) is 8.50. The predicted octanol–water partition coefficient (Wildman–Crippen LogP) is 9.27. The number of likely N-dealkylation sites (tertiary alicyclic amines) is 2. The third kappa shape index (κ3) is 9.93. The molecule has 56 heavy (non-hydrogen) atoms. The average Bonchev–Trinajstić information content (AvgIpc) is 4.02. The van der Waals surface area contributed by atoms with Crippen molar-refractivity contribution in [3.8, 4) is 0 Å². The summed E-state index contributed by atoms with van der Waals surface area (Å²) in [5.74, 6) is 0. The van der Waals surface area contributed by atoms with Crippen LogP contribution in [0.4, 0.5) is 0 Å². The molecule has 286 valence electrons. The van der Waals surface area contributed by atoms with Crippen molar-refractivity contribution in [2.45, 2.75) is 62.8 Å². The Hall–Kier alpha value is -3.98. The molecular weight excluding hydrogens is 723 g/mol. The minimum absolute atomic E-state index is 0.103. The Morgan fingerprint density at radius 1 is 0.357 bits per heavy atom. The summed E-state index contributed by atoms with van der Waals surface area (Å²) in [5.41, 5.74) is 2.68. The van der Waals surface area contributed by atoms with E-state index in [9.17, 15) is 0 Å². The molecule has 2 saturated heterocycles. The van der Waals surface area contributed by atoms with Crippen molar-refractivity contribution in [3.63, 3.8) is 0 Å². The van der Waals surface area contributed by atoms with Gasteiger partial charge in [0.1, 0.15) is 12.2 Å². The molecule has 0 N–H and O–H groups in total. The molecule has 4 nitrogen and oxygen atoms in total. The van der Waals surface area contributed by atoms with E-state index in [4.69, 9.17) is 9.05 Å². The molecule has 2 aliphatic heterocycles. The first kappa shape index (κ1) is 38.9. The summed E-state index contributed by atoms with van der Waals surface area (Å²) < 4.78 is 16.1. The zero-order valence-electron chi connectivity index (χ0n) is 32.3. The molecule has 0 bridgehead atoms.